The molecule has 0 aliphatic carbocycles. The first-order chi connectivity index (χ1) is 12.8. The average molecular weight is 338 g/mol. The van der Waals surface area contributed by atoms with E-state index in [4.69, 9.17) is 4.42 Å². The SMILES string of the molecule is Cc1cccc2c1oc1cccc(-c3ncnc(-c4cccnc4)n3)c12. The molecule has 2 aromatic carbocycles. The van der Waals surface area contributed by atoms with Crippen LogP contribution in [0.25, 0.3) is 44.7 Å². The fourth-order valence-corrected chi connectivity index (χ4v) is 3.24. The number of hydrogen-bond donors (Lipinski definition) is 0. The van der Waals surface area contributed by atoms with E-state index in [1.54, 1.807) is 12.4 Å². The molecule has 0 spiro atoms. The van der Waals surface area contributed by atoms with Crippen LogP contribution in [0.1, 0.15) is 5.56 Å². The molecule has 0 saturated carbocycles. The van der Waals surface area contributed by atoms with Crippen molar-refractivity contribution in [2.75, 3.05) is 0 Å². The highest BCUT2D eigenvalue weighted by Crippen LogP contribution is 2.36. The second-order valence-electron chi connectivity index (χ2n) is 6.11. The van der Waals surface area contributed by atoms with Crippen molar-refractivity contribution >= 4 is 21.9 Å². The second-order valence-corrected chi connectivity index (χ2v) is 6.11. The Labute approximate surface area is 149 Å². The second kappa shape index (κ2) is 5.74. The molecule has 0 aliphatic rings. The minimum atomic E-state index is 0.601. The lowest BCUT2D eigenvalue weighted by Crippen LogP contribution is -1.95. The molecule has 0 unspecified atom stereocenters. The Bertz CT molecular complexity index is 1250. The van der Waals surface area contributed by atoms with Crippen molar-refractivity contribution in [3.05, 3.63) is 72.8 Å². The average Bonchev–Trinajstić information content (AvgIpc) is 3.09. The van der Waals surface area contributed by atoms with E-state index in [1.165, 1.54) is 6.33 Å². The maximum absolute atomic E-state index is 6.08. The van der Waals surface area contributed by atoms with Gasteiger partial charge >= 0.3 is 0 Å². The molecule has 0 aliphatic heterocycles. The standard InChI is InChI=1S/C21H14N4O/c1-13-5-2-7-15-18-16(8-3-9-17(18)26-19(13)15)21-24-12-23-20(25-21)14-6-4-10-22-11-14/h2-12H,1H3. The van der Waals surface area contributed by atoms with Crippen molar-refractivity contribution in [1.82, 2.24) is 19.9 Å². The summed E-state index contributed by atoms with van der Waals surface area (Å²) in [4.78, 5) is 17.5. The van der Waals surface area contributed by atoms with Gasteiger partial charge in [0.1, 0.15) is 17.5 Å². The monoisotopic (exact) mass is 338 g/mol. The first kappa shape index (κ1) is 14.7. The highest BCUT2D eigenvalue weighted by Gasteiger charge is 2.15. The van der Waals surface area contributed by atoms with E-state index < -0.39 is 0 Å². The molecule has 0 amide bonds. The molecule has 5 aromatic rings. The van der Waals surface area contributed by atoms with Gasteiger partial charge in [-0.05, 0) is 30.7 Å². The van der Waals surface area contributed by atoms with Crippen molar-refractivity contribution in [3.8, 4) is 22.8 Å². The number of aryl methyl sites for hydroxylation is 1. The number of hydrogen-bond acceptors (Lipinski definition) is 5. The quantitative estimate of drug-likeness (QED) is 0.462. The van der Waals surface area contributed by atoms with Gasteiger partial charge in [-0.2, -0.15) is 0 Å². The highest BCUT2D eigenvalue weighted by molar-refractivity contribution is 6.12. The van der Waals surface area contributed by atoms with E-state index in [9.17, 15) is 0 Å². The summed E-state index contributed by atoms with van der Waals surface area (Å²) in [5.41, 5.74) is 4.62. The fraction of sp³-hybridized carbons (Fsp3) is 0.0476. The van der Waals surface area contributed by atoms with Gasteiger partial charge in [0.15, 0.2) is 11.6 Å². The molecule has 0 radical (unpaired) electrons. The number of furan rings is 1. The summed E-state index contributed by atoms with van der Waals surface area (Å²) in [6.45, 7) is 2.05. The molecule has 3 heterocycles. The van der Waals surface area contributed by atoms with E-state index >= 15 is 0 Å². The molecule has 0 saturated heterocycles. The lowest BCUT2D eigenvalue weighted by molar-refractivity contribution is 0.666. The van der Waals surface area contributed by atoms with E-state index in [0.29, 0.717) is 11.6 Å². The van der Waals surface area contributed by atoms with Crippen LogP contribution in [0.3, 0.4) is 0 Å². The zero-order valence-corrected chi connectivity index (χ0v) is 14.0. The normalized spacial score (nSPS) is 11.3. The van der Waals surface area contributed by atoms with Crippen LogP contribution in [0.15, 0.2) is 71.7 Å². The molecule has 3 aromatic heterocycles. The van der Waals surface area contributed by atoms with Crippen LogP contribution in [0.4, 0.5) is 0 Å². The highest BCUT2D eigenvalue weighted by atomic mass is 16.3. The van der Waals surface area contributed by atoms with E-state index in [2.05, 4.69) is 26.0 Å². The van der Waals surface area contributed by atoms with Crippen LogP contribution in [0, 0.1) is 6.92 Å². The molecular weight excluding hydrogens is 324 g/mol. The summed E-state index contributed by atoms with van der Waals surface area (Å²) in [6.07, 6.45) is 5.01. The first-order valence-electron chi connectivity index (χ1n) is 8.32. The maximum Gasteiger partial charge on any atom is 0.164 e. The van der Waals surface area contributed by atoms with Crippen LogP contribution < -0.4 is 0 Å². The number of nitrogens with zero attached hydrogens (tertiary/aromatic N) is 4. The maximum atomic E-state index is 6.08. The third kappa shape index (κ3) is 2.25. The van der Waals surface area contributed by atoms with Gasteiger partial charge in [0, 0.05) is 34.3 Å². The molecular formula is C21H14N4O. The Kier molecular flexibility index (Phi) is 3.25. The van der Waals surface area contributed by atoms with Crippen LogP contribution in [-0.2, 0) is 0 Å². The zero-order chi connectivity index (χ0) is 17.5. The molecule has 5 rings (SSSR count). The number of rotatable bonds is 2. The molecule has 0 atom stereocenters. The lowest BCUT2D eigenvalue weighted by Gasteiger charge is -2.04. The van der Waals surface area contributed by atoms with Crippen molar-refractivity contribution in [2.24, 2.45) is 0 Å². The van der Waals surface area contributed by atoms with Crippen molar-refractivity contribution in [2.45, 2.75) is 6.92 Å². The molecule has 124 valence electrons. The number of fused-ring (bicyclic) bond motifs is 3. The number of para-hydroxylation sites is 1. The molecule has 0 N–H and O–H groups in total. The third-order valence-corrected chi connectivity index (χ3v) is 4.45. The molecule has 26 heavy (non-hydrogen) atoms. The molecule has 5 heteroatoms. The Morgan fingerprint density at radius 3 is 2.65 bits per heavy atom. The third-order valence-electron chi connectivity index (χ3n) is 4.45. The van der Waals surface area contributed by atoms with E-state index in [1.807, 2.05) is 49.4 Å². The summed E-state index contributed by atoms with van der Waals surface area (Å²) in [6, 6.07) is 15.9. The molecule has 5 nitrogen and oxygen atoms in total. The van der Waals surface area contributed by atoms with Gasteiger partial charge in [-0.1, -0.05) is 30.3 Å². The Morgan fingerprint density at radius 2 is 1.77 bits per heavy atom. The van der Waals surface area contributed by atoms with Crippen molar-refractivity contribution < 1.29 is 4.42 Å². The van der Waals surface area contributed by atoms with Gasteiger partial charge in [0.25, 0.3) is 0 Å². The molecule has 0 fully saturated rings. The number of benzene rings is 2. The van der Waals surface area contributed by atoms with Gasteiger partial charge < -0.3 is 4.42 Å². The first-order valence-corrected chi connectivity index (χ1v) is 8.32. The minimum Gasteiger partial charge on any atom is -0.456 e. The van der Waals surface area contributed by atoms with E-state index in [0.717, 1.165) is 38.6 Å². The Hall–Kier alpha value is -3.60. The predicted octanol–water partition coefficient (Wildman–Crippen LogP) is 4.81. The van der Waals surface area contributed by atoms with Gasteiger partial charge in [-0.25, -0.2) is 15.0 Å². The fourth-order valence-electron chi connectivity index (χ4n) is 3.24. The van der Waals surface area contributed by atoms with Crippen LogP contribution in [-0.4, -0.2) is 19.9 Å². The van der Waals surface area contributed by atoms with Gasteiger partial charge in [-0.15, -0.1) is 0 Å². The topological polar surface area (TPSA) is 64.7 Å². The van der Waals surface area contributed by atoms with Crippen molar-refractivity contribution in [3.63, 3.8) is 0 Å². The lowest BCUT2D eigenvalue weighted by atomic mass is 10.0. The smallest absolute Gasteiger partial charge is 0.164 e. The summed E-state index contributed by atoms with van der Waals surface area (Å²) >= 11 is 0. The predicted molar refractivity (Wildman–Crippen MR) is 101 cm³/mol. The zero-order valence-electron chi connectivity index (χ0n) is 14.0. The summed E-state index contributed by atoms with van der Waals surface area (Å²) in [7, 11) is 0. The van der Waals surface area contributed by atoms with Gasteiger partial charge in [0.05, 0.1) is 0 Å². The van der Waals surface area contributed by atoms with Crippen LogP contribution in [0.5, 0.6) is 0 Å². The van der Waals surface area contributed by atoms with Crippen LogP contribution in [0.2, 0.25) is 0 Å². The number of pyridine rings is 1. The number of aromatic nitrogens is 4. The van der Waals surface area contributed by atoms with Crippen LogP contribution >= 0.6 is 0 Å². The Morgan fingerprint density at radius 1 is 0.885 bits per heavy atom. The Balaban J connectivity index is 1.78. The largest absolute Gasteiger partial charge is 0.456 e. The summed E-state index contributed by atoms with van der Waals surface area (Å²) < 4.78 is 6.08. The van der Waals surface area contributed by atoms with Crippen molar-refractivity contribution in [1.29, 1.82) is 0 Å². The van der Waals surface area contributed by atoms with Gasteiger partial charge in [0.2, 0.25) is 0 Å². The summed E-state index contributed by atoms with van der Waals surface area (Å²) in [5, 5.41) is 2.09. The van der Waals surface area contributed by atoms with E-state index in [-0.39, 0.29) is 0 Å². The summed E-state index contributed by atoms with van der Waals surface area (Å²) in [5.74, 6) is 1.22. The van der Waals surface area contributed by atoms with Gasteiger partial charge in [-0.3, -0.25) is 4.98 Å². The minimum absolute atomic E-state index is 0.601. The molecule has 0 bridgehead atoms.